The van der Waals surface area contributed by atoms with E-state index in [9.17, 15) is 9.59 Å². The van der Waals surface area contributed by atoms with Crippen LogP contribution in [0, 0.1) is 5.82 Å². The topological polar surface area (TPSA) is 91.7 Å². The van der Waals surface area contributed by atoms with Gasteiger partial charge in [-0.25, -0.2) is 9.37 Å². The van der Waals surface area contributed by atoms with Crippen molar-refractivity contribution in [2.75, 3.05) is 57.1 Å². The molecule has 0 aliphatic carbocycles. The molecule has 9 nitrogen and oxygen atoms in total. The van der Waals surface area contributed by atoms with Crippen LogP contribution >= 0.6 is 11.6 Å². The number of carbonyl (C=O) groups excluding carboxylic acids is 1. The van der Waals surface area contributed by atoms with Crippen LogP contribution in [0.3, 0.4) is 0 Å². The summed E-state index contributed by atoms with van der Waals surface area (Å²) in [5, 5.41) is 6.06. The summed E-state index contributed by atoms with van der Waals surface area (Å²) in [4.78, 5) is 33.5. The Morgan fingerprint density at radius 3 is 2.47 bits per heavy atom. The molecule has 1 saturated heterocycles. The van der Waals surface area contributed by atoms with Crippen LogP contribution in [0.15, 0.2) is 35.3 Å². The molecule has 0 bridgehead atoms. The number of nitrogens with one attached hydrogen (secondary N) is 2. The number of fused-ring (bicyclic) bond motifs is 1. The van der Waals surface area contributed by atoms with E-state index < -0.39 is 17.3 Å². The van der Waals surface area contributed by atoms with Gasteiger partial charge in [-0.3, -0.25) is 9.59 Å². The number of amides is 1. The summed E-state index contributed by atoms with van der Waals surface area (Å²) in [5.74, 6) is -0.310. The van der Waals surface area contributed by atoms with E-state index in [0.717, 1.165) is 32.0 Å². The highest BCUT2D eigenvalue weighted by atomic mass is 35.5. The number of likely N-dealkylation sites (N-methyl/N-ethyl adjacent to an activating group) is 2. The predicted octanol–water partition coefficient (Wildman–Crippen LogP) is 4.42. The van der Waals surface area contributed by atoms with Crippen molar-refractivity contribution in [2.24, 2.45) is 0 Å². The highest BCUT2D eigenvalue weighted by Gasteiger charge is 2.20. The number of rotatable bonds is 7. The molecule has 3 heterocycles. The average molecular weight is 547 g/mol. The van der Waals surface area contributed by atoms with Gasteiger partial charge in [-0.05, 0) is 39.1 Å². The van der Waals surface area contributed by atoms with Gasteiger partial charge in [0.15, 0.2) is 18.2 Å². The van der Waals surface area contributed by atoms with Gasteiger partial charge in [0.2, 0.25) is 0 Å². The van der Waals surface area contributed by atoms with Gasteiger partial charge < -0.3 is 29.7 Å². The number of ether oxygens (including phenoxy) is 1. The van der Waals surface area contributed by atoms with Crippen LogP contribution in [-0.2, 0) is 4.79 Å². The number of aromatic nitrogens is 2. The molecule has 1 fully saturated rings. The van der Waals surface area contributed by atoms with Gasteiger partial charge in [-0.15, -0.1) is 0 Å². The normalized spacial score (nSPS) is 13.8. The smallest absolute Gasteiger partial charge is 0.293 e. The zero-order chi connectivity index (χ0) is 28.0. The second-order valence-electron chi connectivity index (χ2n) is 9.04. The Morgan fingerprint density at radius 2 is 1.84 bits per heavy atom. The van der Waals surface area contributed by atoms with Crippen LogP contribution in [0.5, 0.6) is 5.75 Å². The number of nitrogens with zero attached hydrogens (tertiary/aromatic N) is 4. The van der Waals surface area contributed by atoms with Crippen molar-refractivity contribution in [3.8, 4) is 5.75 Å². The molecule has 2 N–H and O–H groups in total. The van der Waals surface area contributed by atoms with Crippen molar-refractivity contribution in [3.05, 3.63) is 51.7 Å². The summed E-state index contributed by atoms with van der Waals surface area (Å²) in [6, 6.07) is 6.14. The minimum Gasteiger partial charge on any atom is -0.478 e. The summed E-state index contributed by atoms with van der Waals surface area (Å²) in [6.07, 6.45) is 1.55. The lowest BCUT2D eigenvalue weighted by Crippen LogP contribution is -2.44. The summed E-state index contributed by atoms with van der Waals surface area (Å²) in [5.41, 5.74) is 0.693. The number of hydrogen-bond acceptors (Lipinski definition) is 7. The highest BCUT2D eigenvalue weighted by Crippen LogP contribution is 2.33. The molecule has 3 aromatic rings. The second kappa shape index (κ2) is 12.9. The number of pyridine rings is 2. The van der Waals surface area contributed by atoms with Crippen molar-refractivity contribution in [1.29, 1.82) is 0 Å². The van der Waals surface area contributed by atoms with Crippen LogP contribution in [0.4, 0.5) is 21.6 Å². The summed E-state index contributed by atoms with van der Waals surface area (Å²) in [7, 11) is 3.55. The molecule has 0 radical (unpaired) electrons. The van der Waals surface area contributed by atoms with Gasteiger partial charge in [0.1, 0.15) is 5.82 Å². The first kappa shape index (κ1) is 29.2. The molecule has 11 heteroatoms. The average Bonchev–Trinajstić information content (AvgIpc) is 2.91. The first-order valence-electron chi connectivity index (χ1n) is 12.8. The fraction of sp³-hybridized carbons (Fsp3) is 0.444. The minimum absolute atomic E-state index is 0.102. The molecular weight excluding hydrogens is 511 g/mol. The Hall–Kier alpha value is -3.37. The van der Waals surface area contributed by atoms with Gasteiger partial charge in [0.25, 0.3) is 11.5 Å². The molecule has 1 amide bonds. The molecule has 0 spiro atoms. The molecule has 38 heavy (non-hydrogen) atoms. The zero-order valence-corrected chi connectivity index (χ0v) is 23.5. The van der Waals surface area contributed by atoms with Gasteiger partial charge in [0, 0.05) is 50.7 Å². The van der Waals surface area contributed by atoms with E-state index in [0.29, 0.717) is 16.2 Å². The molecular formula is C27H36ClFN6O3. The molecule has 1 aliphatic rings. The number of carbonyl (C=O) groups is 1. The fourth-order valence-corrected chi connectivity index (χ4v) is 4.31. The first-order valence-corrected chi connectivity index (χ1v) is 13.1. The molecule has 206 valence electrons. The number of anilines is 3. The van der Waals surface area contributed by atoms with Gasteiger partial charge in [-0.1, -0.05) is 25.4 Å². The van der Waals surface area contributed by atoms with E-state index in [4.69, 9.17) is 16.3 Å². The molecule has 2 aromatic heterocycles. The summed E-state index contributed by atoms with van der Waals surface area (Å²) < 4.78 is 22.7. The maximum atomic E-state index is 15.8. The fourth-order valence-electron chi connectivity index (χ4n) is 4.16. The van der Waals surface area contributed by atoms with Crippen LogP contribution < -0.4 is 25.8 Å². The van der Waals surface area contributed by atoms with Gasteiger partial charge >= 0.3 is 0 Å². The third-order valence-corrected chi connectivity index (χ3v) is 6.51. The molecule has 0 unspecified atom stereocenters. The predicted molar refractivity (Wildman–Crippen MR) is 152 cm³/mol. The van der Waals surface area contributed by atoms with Crippen LogP contribution in [-0.4, -0.2) is 67.2 Å². The Morgan fingerprint density at radius 1 is 1.16 bits per heavy atom. The molecule has 1 aliphatic heterocycles. The van der Waals surface area contributed by atoms with E-state index in [1.54, 1.807) is 18.3 Å². The Kier molecular flexibility index (Phi) is 9.93. The maximum Gasteiger partial charge on any atom is 0.293 e. The largest absolute Gasteiger partial charge is 0.478 e. The highest BCUT2D eigenvalue weighted by molar-refractivity contribution is 6.33. The van der Waals surface area contributed by atoms with E-state index >= 15 is 4.39 Å². The van der Waals surface area contributed by atoms with Crippen LogP contribution in [0.2, 0.25) is 5.02 Å². The lowest BCUT2D eigenvalue weighted by molar-refractivity contribution is -0.122. The van der Waals surface area contributed by atoms with Gasteiger partial charge in [-0.2, -0.15) is 0 Å². The van der Waals surface area contributed by atoms with E-state index in [2.05, 4.69) is 32.5 Å². The van der Waals surface area contributed by atoms with Crippen LogP contribution in [0.25, 0.3) is 10.9 Å². The Balaban J connectivity index is 0.00000195. The summed E-state index contributed by atoms with van der Waals surface area (Å²) in [6.45, 7) is 10.8. The van der Waals surface area contributed by atoms with Crippen molar-refractivity contribution < 1.29 is 13.9 Å². The number of hydrogen-bond donors (Lipinski definition) is 2. The second-order valence-corrected chi connectivity index (χ2v) is 9.44. The van der Waals surface area contributed by atoms with Crippen molar-refractivity contribution >= 4 is 45.6 Å². The number of piperazine rings is 1. The van der Waals surface area contributed by atoms with Crippen molar-refractivity contribution in [3.63, 3.8) is 0 Å². The molecule has 0 saturated carbocycles. The molecule has 4 rings (SSSR count). The minimum atomic E-state index is -0.569. The number of benzene rings is 1. The van der Waals surface area contributed by atoms with E-state index in [1.165, 1.54) is 17.7 Å². The number of halogens is 2. The monoisotopic (exact) mass is 546 g/mol. The lowest BCUT2D eigenvalue weighted by atomic mass is 10.1. The molecule has 0 atom stereocenters. The Labute approximate surface area is 227 Å². The quantitative estimate of drug-likeness (QED) is 0.453. The zero-order valence-electron chi connectivity index (χ0n) is 22.8. The van der Waals surface area contributed by atoms with E-state index in [-0.39, 0.29) is 29.5 Å². The summed E-state index contributed by atoms with van der Waals surface area (Å²) >= 11 is 6.40. The van der Waals surface area contributed by atoms with Crippen molar-refractivity contribution in [1.82, 2.24) is 19.8 Å². The first-order chi connectivity index (χ1) is 18.2. The third-order valence-electron chi connectivity index (χ3n) is 6.21. The lowest BCUT2D eigenvalue weighted by Gasteiger charge is -2.33. The third kappa shape index (κ3) is 6.36. The standard InChI is InChI=1S/C25H30ClFN6O3.C2H6/c1-15(2)33-20-6-5-18(24(27)16(20)11-21(25(33)35)36-14-23(34)28-3)30-19-12-22(29-13-17(19)26)32-9-7-31(4)8-10-32;1-2/h5-6,11-13,15H,7-10,14H2,1-4H3,(H,28,34)(H,29,30);1-2H3. The Bertz CT molecular complexity index is 1340. The van der Waals surface area contributed by atoms with E-state index in [1.807, 2.05) is 33.8 Å². The van der Waals surface area contributed by atoms with Crippen LogP contribution in [0.1, 0.15) is 33.7 Å². The maximum absolute atomic E-state index is 15.8. The van der Waals surface area contributed by atoms with Crippen molar-refractivity contribution in [2.45, 2.75) is 33.7 Å². The SMILES string of the molecule is CC.CNC(=O)COc1cc2c(F)c(Nc3cc(N4CCN(C)CC4)ncc3Cl)ccc2n(C(C)C)c1=O. The van der Waals surface area contributed by atoms with Gasteiger partial charge in [0.05, 0.1) is 28.1 Å². The molecule has 1 aromatic carbocycles.